The van der Waals surface area contributed by atoms with Gasteiger partial charge < -0.3 is 10.1 Å². The van der Waals surface area contributed by atoms with Crippen molar-refractivity contribution in [3.63, 3.8) is 0 Å². The molecule has 3 rings (SSSR count). The van der Waals surface area contributed by atoms with Gasteiger partial charge in [0, 0.05) is 5.75 Å². The summed E-state index contributed by atoms with van der Waals surface area (Å²) >= 11 is 4.44. The predicted molar refractivity (Wildman–Crippen MR) is 104 cm³/mol. The molecule has 5 heteroatoms. The molecule has 0 saturated heterocycles. The molecule has 26 heavy (non-hydrogen) atoms. The molecule has 2 aromatic rings. The van der Waals surface area contributed by atoms with Crippen molar-refractivity contribution in [2.45, 2.75) is 25.9 Å². The van der Waals surface area contributed by atoms with Crippen LogP contribution >= 0.6 is 12.6 Å². The summed E-state index contributed by atoms with van der Waals surface area (Å²) in [6, 6.07) is 17.7. The normalized spacial score (nSPS) is 18.7. The lowest BCUT2D eigenvalue weighted by Gasteiger charge is -2.35. The van der Waals surface area contributed by atoms with E-state index in [1.165, 1.54) is 11.1 Å². The van der Waals surface area contributed by atoms with Gasteiger partial charge in [-0.25, -0.2) is 0 Å². The smallest absolute Gasteiger partial charge is 0.325 e. The highest BCUT2D eigenvalue weighted by Crippen LogP contribution is 2.36. The lowest BCUT2D eigenvalue weighted by Crippen LogP contribution is -2.47. The van der Waals surface area contributed by atoms with Gasteiger partial charge >= 0.3 is 5.97 Å². The van der Waals surface area contributed by atoms with Gasteiger partial charge in [0.25, 0.3) is 0 Å². The monoisotopic (exact) mass is 369 g/mol. The first-order valence-corrected chi connectivity index (χ1v) is 9.42. The van der Waals surface area contributed by atoms with E-state index in [0.717, 1.165) is 18.4 Å². The standard InChI is InChI=1S/C21H23NO3S/c23-19(25-14-16-6-2-1-3-7-16)13-22-20(24)21(15-26)11-10-17-8-4-5-9-18(17)12-21/h1-9,26H,10-15H2,(H,22,24). The molecule has 0 fully saturated rings. The Bertz CT molecular complexity index is 778. The topological polar surface area (TPSA) is 55.4 Å². The van der Waals surface area contributed by atoms with Crippen LogP contribution in [-0.2, 0) is 33.8 Å². The number of fused-ring (bicyclic) bond motifs is 1. The van der Waals surface area contributed by atoms with Crippen LogP contribution in [0.1, 0.15) is 23.1 Å². The molecule has 0 heterocycles. The molecule has 4 nitrogen and oxygen atoms in total. The number of carbonyl (C=O) groups is 2. The first-order valence-electron chi connectivity index (χ1n) is 8.78. The second-order valence-electron chi connectivity index (χ2n) is 6.71. The minimum atomic E-state index is -0.572. The van der Waals surface area contributed by atoms with Gasteiger partial charge in [-0.2, -0.15) is 12.6 Å². The first kappa shape index (κ1) is 18.5. The van der Waals surface area contributed by atoms with Gasteiger partial charge in [-0.15, -0.1) is 0 Å². The number of amides is 1. The number of rotatable bonds is 6. The minimum absolute atomic E-state index is 0.122. The summed E-state index contributed by atoms with van der Waals surface area (Å²) in [6.45, 7) is 0.0868. The molecule has 0 bridgehead atoms. The predicted octanol–water partition coefficient (Wildman–Crippen LogP) is 2.95. The van der Waals surface area contributed by atoms with Gasteiger partial charge in [0.2, 0.25) is 5.91 Å². The Hall–Kier alpha value is -2.27. The molecule has 0 aromatic heterocycles. The molecule has 1 atom stereocenters. The van der Waals surface area contributed by atoms with Crippen LogP contribution in [0, 0.1) is 5.41 Å². The summed E-state index contributed by atoms with van der Waals surface area (Å²) in [5.74, 6) is -0.113. The van der Waals surface area contributed by atoms with Gasteiger partial charge in [-0.3, -0.25) is 9.59 Å². The van der Waals surface area contributed by atoms with E-state index in [9.17, 15) is 9.59 Å². The van der Waals surface area contributed by atoms with Crippen LogP contribution in [-0.4, -0.2) is 24.2 Å². The van der Waals surface area contributed by atoms with Crippen molar-refractivity contribution in [1.29, 1.82) is 0 Å². The molecule has 0 spiro atoms. The number of aryl methyl sites for hydroxylation is 1. The van der Waals surface area contributed by atoms with Crippen molar-refractivity contribution < 1.29 is 14.3 Å². The van der Waals surface area contributed by atoms with Crippen LogP contribution < -0.4 is 5.32 Å². The molecule has 1 N–H and O–H groups in total. The first-order chi connectivity index (χ1) is 12.6. The molecule has 1 aliphatic rings. The average molecular weight is 369 g/mol. The fourth-order valence-electron chi connectivity index (χ4n) is 3.33. The number of ether oxygens (including phenoxy) is 1. The second-order valence-corrected chi connectivity index (χ2v) is 7.03. The number of benzene rings is 2. The van der Waals surface area contributed by atoms with Crippen molar-refractivity contribution in [3.8, 4) is 0 Å². The van der Waals surface area contributed by atoms with E-state index in [0.29, 0.717) is 12.2 Å². The highest BCUT2D eigenvalue weighted by Gasteiger charge is 2.40. The number of nitrogens with one attached hydrogen (secondary N) is 1. The molecule has 136 valence electrons. The number of thiol groups is 1. The average Bonchev–Trinajstić information content (AvgIpc) is 2.70. The second kappa shape index (κ2) is 8.41. The molecule has 0 saturated carbocycles. The van der Waals surface area contributed by atoms with E-state index < -0.39 is 11.4 Å². The zero-order chi connectivity index (χ0) is 18.4. The van der Waals surface area contributed by atoms with E-state index in [2.05, 4.69) is 30.1 Å². The maximum Gasteiger partial charge on any atom is 0.325 e. The Balaban J connectivity index is 1.54. The van der Waals surface area contributed by atoms with Crippen molar-refractivity contribution in [2.24, 2.45) is 5.41 Å². The van der Waals surface area contributed by atoms with Gasteiger partial charge in [-0.1, -0.05) is 54.6 Å². The molecule has 1 unspecified atom stereocenters. The summed E-state index contributed by atoms with van der Waals surface area (Å²) in [7, 11) is 0. The largest absolute Gasteiger partial charge is 0.460 e. The van der Waals surface area contributed by atoms with E-state index in [1.54, 1.807) is 0 Å². The Labute approximate surface area is 159 Å². The number of carbonyl (C=O) groups excluding carboxylic acids is 2. The van der Waals surface area contributed by atoms with Crippen molar-refractivity contribution >= 4 is 24.5 Å². The van der Waals surface area contributed by atoms with Crippen LogP contribution in [0.25, 0.3) is 0 Å². The third-order valence-corrected chi connectivity index (χ3v) is 5.55. The third kappa shape index (κ3) is 4.28. The summed E-state index contributed by atoms with van der Waals surface area (Å²) in [5.41, 5.74) is 2.83. The molecule has 1 amide bonds. The van der Waals surface area contributed by atoms with Crippen molar-refractivity contribution in [2.75, 3.05) is 12.3 Å². The Kier molecular flexibility index (Phi) is 5.99. The van der Waals surface area contributed by atoms with Crippen LogP contribution in [0.4, 0.5) is 0 Å². The van der Waals surface area contributed by atoms with Crippen LogP contribution in [0.2, 0.25) is 0 Å². The summed E-state index contributed by atoms with van der Waals surface area (Å²) in [6.07, 6.45) is 2.23. The highest BCUT2D eigenvalue weighted by molar-refractivity contribution is 7.80. The zero-order valence-electron chi connectivity index (χ0n) is 14.6. The minimum Gasteiger partial charge on any atom is -0.460 e. The molecule has 1 aliphatic carbocycles. The van der Waals surface area contributed by atoms with E-state index in [1.807, 2.05) is 42.5 Å². The van der Waals surface area contributed by atoms with Crippen LogP contribution in [0.15, 0.2) is 54.6 Å². The lowest BCUT2D eigenvalue weighted by atomic mass is 9.72. The summed E-state index contributed by atoms with van der Waals surface area (Å²) < 4.78 is 5.22. The molecular weight excluding hydrogens is 346 g/mol. The van der Waals surface area contributed by atoms with Crippen LogP contribution in [0.5, 0.6) is 0 Å². The summed E-state index contributed by atoms with van der Waals surface area (Å²) in [5, 5.41) is 2.75. The van der Waals surface area contributed by atoms with E-state index in [-0.39, 0.29) is 19.1 Å². The molecular formula is C21H23NO3S. The molecule has 0 aliphatic heterocycles. The highest BCUT2D eigenvalue weighted by atomic mass is 32.1. The van der Waals surface area contributed by atoms with Gasteiger partial charge in [0.05, 0.1) is 5.41 Å². The fourth-order valence-corrected chi connectivity index (χ4v) is 3.74. The van der Waals surface area contributed by atoms with Crippen molar-refractivity contribution in [1.82, 2.24) is 5.32 Å². The van der Waals surface area contributed by atoms with E-state index >= 15 is 0 Å². The van der Waals surface area contributed by atoms with Crippen LogP contribution in [0.3, 0.4) is 0 Å². The number of hydrogen-bond acceptors (Lipinski definition) is 4. The quantitative estimate of drug-likeness (QED) is 0.608. The lowest BCUT2D eigenvalue weighted by molar-refractivity contribution is -0.146. The fraction of sp³-hybridized carbons (Fsp3) is 0.333. The number of hydrogen-bond donors (Lipinski definition) is 2. The zero-order valence-corrected chi connectivity index (χ0v) is 15.5. The van der Waals surface area contributed by atoms with Gasteiger partial charge in [0.15, 0.2) is 0 Å². The van der Waals surface area contributed by atoms with Crippen molar-refractivity contribution in [3.05, 3.63) is 71.3 Å². The van der Waals surface area contributed by atoms with E-state index in [4.69, 9.17) is 4.74 Å². The Morgan fingerprint density at radius 3 is 2.46 bits per heavy atom. The Morgan fingerprint density at radius 2 is 1.73 bits per heavy atom. The van der Waals surface area contributed by atoms with Gasteiger partial charge in [0.1, 0.15) is 13.2 Å². The van der Waals surface area contributed by atoms with Gasteiger partial charge in [-0.05, 0) is 36.0 Å². The molecule has 0 radical (unpaired) electrons. The summed E-state index contributed by atoms with van der Waals surface area (Å²) in [4.78, 5) is 24.7. The third-order valence-electron chi connectivity index (χ3n) is 4.94. The number of esters is 1. The SMILES string of the molecule is O=C(CNC(=O)C1(CS)CCc2ccccc2C1)OCc1ccccc1. The maximum atomic E-state index is 12.8. The Morgan fingerprint density at radius 1 is 1.04 bits per heavy atom. The molecule has 2 aromatic carbocycles. The maximum absolute atomic E-state index is 12.8.